The van der Waals surface area contributed by atoms with Crippen molar-refractivity contribution in [2.45, 2.75) is 33.1 Å². The second-order valence-electron chi connectivity index (χ2n) is 4.24. The number of benzene rings is 1. The normalized spacial score (nSPS) is 12.7. The minimum absolute atomic E-state index is 0.119. The van der Waals surface area contributed by atoms with Gasteiger partial charge in [0.2, 0.25) is 0 Å². The summed E-state index contributed by atoms with van der Waals surface area (Å²) in [5, 5.41) is 3.14. The lowest BCUT2D eigenvalue weighted by Gasteiger charge is -2.14. The van der Waals surface area contributed by atoms with Crippen LogP contribution in [0.15, 0.2) is 22.7 Å². The van der Waals surface area contributed by atoms with Gasteiger partial charge in [0.05, 0.1) is 19.3 Å². The van der Waals surface area contributed by atoms with Crippen molar-refractivity contribution in [3.8, 4) is 0 Å². The fourth-order valence-electron chi connectivity index (χ4n) is 1.59. The van der Waals surface area contributed by atoms with Crippen molar-refractivity contribution in [2.24, 2.45) is 0 Å². The Labute approximate surface area is 118 Å². The van der Waals surface area contributed by atoms with E-state index >= 15 is 0 Å². The molecule has 0 aliphatic heterocycles. The molecule has 0 saturated carbocycles. The first-order valence-corrected chi connectivity index (χ1v) is 7.08. The van der Waals surface area contributed by atoms with E-state index < -0.39 is 0 Å². The Morgan fingerprint density at radius 2 is 2.17 bits per heavy atom. The van der Waals surface area contributed by atoms with Crippen LogP contribution in [0.25, 0.3) is 0 Å². The van der Waals surface area contributed by atoms with Gasteiger partial charge in [0.1, 0.15) is 0 Å². The second kappa shape index (κ2) is 8.64. The van der Waals surface area contributed by atoms with Gasteiger partial charge in [0.25, 0.3) is 0 Å². The molecular formula is C14H22BrNO2. The lowest BCUT2D eigenvalue weighted by molar-refractivity contribution is -0.0118. The predicted octanol–water partition coefficient (Wildman–Crippen LogP) is 3.11. The van der Waals surface area contributed by atoms with Crippen molar-refractivity contribution < 1.29 is 9.47 Å². The molecule has 4 heteroatoms. The van der Waals surface area contributed by atoms with Crippen molar-refractivity contribution in [1.29, 1.82) is 0 Å². The SMILES string of the molecule is CCOCC(C)OCc1ccc(CNC)cc1Br. The molecule has 0 aliphatic rings. The highest BCUT2D eigenvalue weighted by Crippen LogP contribution is 2.20. The van der Waals surface area contributed by atoms with E-state index in [9.17, 15) is 0 Å². The largest absolute Gasteiger partial charge is 0.379 e. The van der Waals surface area contributed by atoms with Gasteiger partial charge in [-0.15, -0.1) is 0 Å². The van der Waals surface area contributed by atoms with E-state index in [4.69, 9.17) is 9.47 Å². The molecule has 1 rings (SSSR count). The van der Waals surface area contributed by atoms with Gasteiger partial charge in [-0.3, -0.25) is 0 Å². The van der Waals surface area contributed by atoms with E-state index in [0.717, 1.165) is 17.6 Å². The first-order chi connectivity index (χ1) is 8.67. The highest BCUT2D eigenvalue weighted by molar-refractivity contribution is 9.10. The summed E-state index contributed by atoms with van der Waals surface area (Å²) < 4.78 is 12.2. The molecular weight excluding hydrogens is 294 g/mol. The van der Waals surface area contributed by atoms with Crippen molar-refractivity contribution >= 4 is 15.9 Å². The summed E-state index contributed by atoms with van der Waals surface area (Å²) in [4.78, 5) is 0. The summed E-state index contributed by atoms with van der Waals surface area (Å²) in [5.74, 6) is 0. The van der Waals surface area contributed by atoms with Crippen molar-refractivity contribution in [3.05, 3.63) is 33.8 Å². The van der Waals surface area contributed by atoms with Crippen molar-refractivity contribution in [2.75, 3.05) is 20.3 Å². The number of rotatable bonds is 8. The molecule has 0 bridgehead atoms. The summed E-state index contributed by atoms with van der Waals surface area (Å²) in [6.07, 6.45) is 0.119. The molecule has 0 spiro atoms. The Hall–Kier alpha value is -0.420. The summed E-state index contributed by atoms with van der Waals surface area (Å²) in [5.41, 5.74) is 2.42. The smallest absolute Gasteiger partial charge is 0.0785 e. The number of hydrogen-bond donors (Lipinski definition) is 1. The maximum atomic E-state index is 5.74. The van der Waals surface area contributed by atoms with Crippen LogP contribution in [0, 0.1) is 0 Å². The van der Waals surface area contributed by atoms with Crippen LogP contribution in [0.4, 0.5) is 0 Å². The third-order valence-electron chi connectivity index (χ3n) is 2.58. The molecule has 0 heterocycles. The van der Waals surface area contributed by atoms with Gasteiger partial charge in [0.15, 0.2) is 0 Å². The molecule has 102 valence electrons. The zero-order chi connectivity index (χ0) is 13.4. The number of nitrogens with one attached hydrogen (secondary N) is 1. The molecule has 0 amide bonds. The van der Waals surface area contributed by atoms with Crippen LogP contribution < -0.4 is 5.32 Å². The fraction of sp³-hybridized carbons (Fsp3) is 0.571. The minimum Gasteiger partial charge on any atom is -0.379 e. The minimum atomic E-state index is 0.119. The van der Waals surface area contributed by atoms with E-state index in [-0.39, 0.29) is 6.10 Å². The molecule has 0 radical (unpaired) electrons. The van der Waals surface area contributed by atoms with Crippen LogP contribution in [0.2, 0.25) is 0 Å². The van der Waals surface area contributed by atoms with E-state index in [1.165, 1.54) is 11.1 Å². The average molecular weight is 316 g/mol. The Morgan fingerprint density at radius 1 is 1.39 bits per heavy atom. The maximum Gasteiger partial charge on any atom is 0.0785 e. The molecule has 18 heavy (non-hydrogen) atoms. The Morgan fingerprint density at radius 3 is 2.78 bits per heavy atom. The molecule has 0 saturated heterocycles. The first kappa shape index (κ1) is 15.6. The maximum absolute atomic E-state index is 5.74. The molecule has 1 aromatic rings. The summed E-state index contributed by atoms with van der Waals surface area (Å²) >= 11 is 3.58. The van der Waals surface area contributed by atoms with Crippen LogP contribution in [0.1, 0.15) is 25.0 Å². The van der Waals surface area contributed by atoms with Gasteiger partial charge in [-0.05, 0) is 38.1 Å². The Kier molecular flexibility index (Phi) is 7.51. The second-order valence-corrected chi connectivity index (χ2v) is 5.09. The molecule has 0 fully saturated rings. The molecule has 1 unspecified atom stereocenters. The molecule has 1 atom stereocenters. The van der Waals surface area contributed by atoms with Gasteiger partial charge in [-0.25, -0.2) is 0 Å². The van der Waals surface area contributed by atoms with E-state index in [1.807, 2.05) is 20.9 Å². The number of halogens is 1. The van der Waals surface area contributed by atoms with Gasteiger partial charge in [0, 0.05) is 17.6 Å². The van der Waals surface area contributed by atoms with Crippen LogP contribution in [0.5, 0.6) is 0 Å². The number of hydrogen-bond acceptors (Lipinski definition) is 3. The van der Waals surface area contributed by atoms with E-state index in [0.29, 0.717) is 13.2 Å². The lowest BCUT2D eigenvalue weighted by atomic mass is 10.1. The molecule has 3 nitrogen and oxygen atoms in total. The first-order valence-electron chi connectivity index (χ1n) is 6.28. The van der Waals surface area contributed by atoms with Crippen molar-refractivity contribution in [1.82, 2.24) is 5.32 Å². The summed E-state index contributed by atoms with van der Waals surface area (Å²) in [6.45, 7) is 6.87. The standard InChI is InChI=1S/C14H22BrNO2/c1-4-17-9-11(2)18-10-13-6-5-12(8-16-3)7-14(13)15/h5-7,11,16H,4,8-10H2,1-3H3. The fourth-order valence-corrected chi connectivity index (χ4v) is 2.13. The van der Waals surface area contributed by atoms with Crippen LogP contribution in [0.3, 0.4) is 0 Å². The van der Waals surface area contributed by atoms with E-state index in [2.05, 4.69) is 39.4 Å². The Balaban J connectivity index is 2.47. The highest BCUT2D eigenvalue weighted by atomic mass is 79.9. The third kappa shape index (κ3) is 5.48. The average Bonchev–Trinajstić information content (AvgIpc) is 2.35. The van der Waals surface area contributed by atoms with E-state index in [1.54, 1.807) is 0 Å². The van der Waals surface area contributed by atoms with Crippen LogP contribution in [-0.2, 0) is 22.6 Å². The summed E-state index contributed by atoms with van der Waals surface area (Å²) in [7, 11) is 1.94. The zero-order valence-electron chi connectivity index (χ0n) is 11.3. The van der Waals surface area contributed by atoms with Gasteiger partial charge in [-0.1, -0.05) is 28.1 Å². The predicted molar refractivity (Wildman–Crippen MR) is 77.6 cm³/mol. The van der Waals surface area contributed by atoms with Gasteiger partial charge >= 0.3 is 0 Å². The molecule has 0 aliphatic carbocycles. The van der Waals surface area contributed by atoms with Crippen molar-refractivity contribution in [3.63, 3.8) is 0 Å². The number of ether oxygens (including phenoxy) is 2. The third-order valence-corrected chi connectivity index (χ3v) is 3.32. The van der Waals surface area contributed by atoms with Crippen LogP contribution >= 0.6 is 15.9 Å². The quantitative estimate of drug-likeness (QED) is 0.799. The summed E-state index contributed by atoms with van der Waals surface area (Å²) in [6, 6.07) is 6.35. The van der Waals surface area contributed by atoms with Gasteiger partial charge < -0.3 is 14.8 Å². The zero-order valence-corrected chi connectivity index (χ0v) is 12.9. The Bertz CT molecular complexity index is 358. The van der Waals surface area contributed by atoms with Gasteiger partial charge in [-0.2, -0.15) is 0 Å². The molecule has 1 N–H and O–H groups in total. The molecule has 1 aromatic carbocycles. The highest BCUT2D eigenvalue weighted by Gasteiger charge is 2.05. The monoisotopic (exact) mass is 315 g/mol. The topological polar surface area (TPSA) is 30.5 Å². The van der Waals surface area contributed by atoms with Crippen LogP contribution in [-0.4, -0.2) is 26.4 Å². The molecule has 0 aromatic heterocycles. The lowest BCUT2D eigenvalue weighted by Crippen LogP contribution is -2.16.